The van der Waals surface area contributed by atoms with Crippen molar-refractivity contribution in [3.8, 4) is 0 Å². The fourth-order valence-corrected chi connectivity index (χ4v) is 2.03. The van der Waals surface area contributed by atoms with Crippen molar-refractivity contribution in [2.75, 3.05) is 0 Å². The zero-order valence-electron chi connectivity index (χ0n) is 11.8. The van der Waals surface area contributed by atoms with Gasteiger partial charge in [0.05, 0.1) is 11.2 Å². The molecule has 104 valence electrons. The minimum Gasteiger partial charge on any atom is -0.342 e. The molecule has 4 heteroatoms. The number of amides is 1. The summed E-state index contributed by atoms with van der Waals surface area (Å²) in [4.78, 5) is 16.6. The fourth-order valence-electron chi connectivity index (χ4n) is 2.03. The molecular formula is C16H17FN2O. The van der Waals surface area contributed by atoms with Gasteiger partial charge in [0.1, 0.15) is 5.82 Å². The lowest BCUT2D eigenvalue weighted by Crippen LogP contribution is -2.41. The summed E-state index contributed by atoms with van der Waals surface area (Å²) < 4.78 is 13.1. The molecule has 3 nitrogen and oxygen atoms in total. The van der Waals surface area contributed by atoms with Crippen molar-refractivity contribution in [2.45, 2.75) is 26.3 Å². The first-order chi connectivity index (χ1) is 9.40. The topological polar surface area (TPSA) is 42.0 Å². The monoisotopic (exact) mass is 272 g/mol. The summed E-state index contributed by atoms with van der Waals surface area (Å²) >= 11 is 0. The average molecular weight is 272 g/mol. The highest BCUT2D eigenvalue weighted by Gasteiger charge is 2.25. The molecule has 0 unspecified atom stereocenters. The maximum atomic E-state index is 13.1. The molecule has 2 aromatic rings. The number of rotatable bonds is 3. The molecule has 0 bridgehead atoms. The molecule has 0 saturated carbocycles. The van der Waals surface area contributed by atoms with E-state index in [1.54, 1.807) is 13.1 Å². The lowest BCUT2D eigenvalue weighted by Gasteiger charge is -2.26. The minimum atomic E-state index is -0.598. The van der Waals surface area contributed by atoms with Crippen LogP contribution >= 0.6 is 0 Å². The second-order valence-electron chi connectivity index (χ2n) is 5.25. The highest BCUT2D eigenvalue weighted by atomic mass is 19.1. The normalized spacial score (nSPS) is 11.2. The molecule has 0 fully saturated rings. The SMILES string of the molecule is Cc1cc(F)ccc1C(=O)NC(C)(C)c1ccccn1. The van der Waals surface area contributed by atoms with Crippen molar-refractivity contribution in [1.29, 1.82) is 0 Å². The average Bonchev–Trinajstić information content (AvgIpc) is 2.39. The van der Waals surface area contributed by atoms with Crippen LogP contribution in [0.25, 0.3) is 0 Å². The van der Waals surface area contributed by atoms with Gasteiger partial charge in [-0.3, -0.25) is 9.78 Å². The van der Waals surface area contributed by atoms with Crippen molar-refractivity contribution in [3.63, 3.8) is 0 Å². The number of carbonyl (C=O) groups excluding carboxylic acids is 1. The standard InChI is InChI=1S/C16H17FN2O/c1-11-10-12(17)7-8-13(11)15(20)19-16(2,3)14-6-4-5-9-18-14/h4-10H,1-3H3,(H,19,20). The summed E-state index contributed by atoms with van der Waals surface area (Å²) in [5.41, 5.74) is 1.25. The molecule has 1 aromatic heterocycles. The Morgan fingerprint density at radius 2 is 2.00 bits per heavy atom. The Balaban J connectivity index is 2.23. The summed E-state index contributed by atoms with van der Waals surface area (Å²) in [5.74, 6) is -0.582. The smallest absolute Gasteiger partial charge is 0.252 e. The predicted octanol–water partition coefficient (Wildman–Crippen LogP) is 3.19. The van der Waals surface area contributed by atoms with Gasteiger partial charge in [-0.1, -0.05) is 6.07 Å². The second-order valence-corrected chi connectivity index (χ2v) is 5.25. The highest BCUT2D eigenvalue weighted by Crippen LogP contribution is 2.19. The van der Waals surface area contributed by atoms with Crippen LogP contribution in [0.15, 0.2) is 42.6 Å². The van der Waals surface area contributed by atoms with E-state index in [-0.39, 0.29) is 11.7 Å². The van der Waals surface area contributed by atoms with Crippen molar-refractivity contribution in [2.24, 2.45) is 0 Å². The molecule has 1 amide bonds. The molecule has 0 atom stereocenters. The van der Waals surface area contributed by atoms with E-state index in [2.05, 4.69) is 10.3 Å². The molecule has 0 spiro atoms. The van der Waals surface area contributed by atoms with Crippen molar-refractivity contribution < 1.29 is 9.18 Å². The van der Waals surface area contributed by atoms with Crippen LogP contribution in [0.5, 0.6) is 0 Å². The van der Waals surface area contributed by atoms with Crippen LogP contribution in [0.2, 0.25) is 0 Å². The summed E-state index contributed by atoms with van der Waals surface area (Å²) in [7, 11) is 0. The fraction of sp³-hybridized carbons (Fsp3) is 0.250. The van der Waals surface area contributed by atoms with Crippen LogP contribution in [-0.2, 0) is 5.54 Å². The Hall–Kier alpha value is -2.23. The van der Waals surface area contributed by atoms with Crippen LogP contribution < -0.4 is 5.32 Å². The second kappa shape index (κ2) is 5.41. The lowest BCUT2D eigenvalue weighted by atomic mass is 9.98. The summed E-state index contributed by atoms with van der Waals surface area (Å²) in [5, 5.41) is 2.93. The minimum absolute atomic E-state index is 0.238. The first-order valence-corrected chi connectivity index (χ1v) is 6.40. The highest BCUT2D eigenvalue weighted by molar-refractivity contribution is 5.96. The number of hydrogen-bond acceptors (Lipinski definition) is 2. The molecule has 0 radical (unpaired) electrons. The molecule has 1 heterocycles. The number of benzene rings is 1. The molecular weight excluding hydrogens is 255 g/mol. The van der Waals surface area contributed by atoms with Gasteiger partial charge in [0.2, 0.25) is 0 Å². The number of nitrogens with one attached hydrogen (secondary N) is 1. The summed E-state index contributed by atoms with van der Waals surface area (Å²) in [6, 6.07) is 9.69. The number of hydrogen-bond donors (Lipinski definition) is 1. The van der Waals surface area contributed by atoms with Gasteiger partial charge in [0.25, 0.3) is 5.91 Å². The molecule has 0 aliphatic heterocycles. The molecule has 0 aliphatic rings. The Kier molecular flexibility index (Phi) is 3.84. The zero-order chi connectivity index (χ0) is 14.8. The maximum Gasteiger partial charge on any atom is 0.252 e. The van der Waals surface area contributed by atoms with E-state index in [0.29, 0.717) is 11.1 Å². The van der Waals surface area contributed by atoms with E-state index in [4.69, 9.17) is 0 Å². The first-order valence-electron chi connectivity index (χ1n) is 6.40. The quantitative estimate of drug-likeness (QED) is 0.932. The number of carbonyl (C=O) groups is 1. The van der Waals surface area contributed by atoms with Gasteiger partial charge in [-0.15, -0.1) is 0 Å². The van der Waals surface area contributed by atoms with Gasteiger partial charge >= 0.3 is 0 Å². The molecule has 1 N–H and O–H groups in total. The molecule has 2 rings (SSSR count). The Morgan fingerprint density at radius 3 is 2.60 bits per heavy atom. The number of halogens is 1. The van der Waals surface area contributed by atoms with E-state index >= 15 is 0 Å². The van der Waals surface area contributed by atoms with Crippen LogP contribution in [0, 0.1) is 12.7 Å². The van der Waals surface area contributed by atoms with E-state index in [1.807, 2.05) is 32.0 Å². The molecule has 1 aromatic carbocycles. The summed E-state index contributed by atoms with van der Waals surface area (Å²) in [6.45, 7) is 5.48. The number of aromatic nitrogens is 1. The van der Waals surface area contributed by atoms with Gasteiger partial charge in [-0.25, -0.2) is 4.39 Å². The van der Waals surface area contributed by atoms with Gasteiger partial charge in [-0.2, -0.15) is 0 Å². The molecule has 0 saturated heterocycles. The van der Waals surface area contributed by atoms with E-state index in [1.165, 1.54) is 18.2 Å². The molecule has 0 aliphatic carbocycles. The van der Waals surface area contributed by atoms with Crippen molar-refractivity contribution in [3.05, 3.63) is 65.2 Å². The Labute approximate surface area is 117 Å². The van der Waals surface area contributed by atoms with Gasteiger partial charge in [0, 0.05) is 11.8 Å². The third kappa shape index (κ3) is 3.02. The van der Waals surface area contributed by atoms with Crippen LogP contribution in [0.3, 0.4) is 0 Å². The lowest BCUT2D eigenvalue weighted by molar-refractivity contribution is 0.0909. The van der Waals surface area contributed by atoms with E-state index < -0.39 is 5.54 Å². The largest absolute Gasteiger partial charge is 0.342 e. The Morgan fingerprint density at radius 1 is 1.25 bits per heavy atom. The van der Waals surface area contributed by atoms with Gasteiger partial charge in [-0.05, 0) is 56.7 Å². The predicted molar refractivity (Wildman–Crippen MR) is 75.9 cm³/mol. The Bertz CT molecular complexity index is 624. The maximum absolute atomic E-state index is 13.1. The number of nitrogens with zero attached hydrogens (tertiary/aromatic N) is 1. The van der Waals surface area contributed by atoms with Crippen molar-refractivity contribution >= 4 is 5.91 Å². The van der Waals surface area contributed by atoms with Crippen LogP contribution in [0.1, 0.15) is 35.5 Å². The summed E-state index contributed by atoms with van der Waals surface area (Å²) in [6.07, 6.45) is 1.69. The first kappa shape index (κ1) is 14.2. The third-order valence-electron chi connectivity index (χ3n) is 3.16. The van der Waals surface area contributed by atoms with Crippen LogP contribution in [-0.4, -0.2) is 10.9 Å². The van der Waals surface area contributed by atoms with Crippen LogP contribution in [0.4, 0.5) is 4.39 Å². The van der Waals surface area contributed by atoms with Gasteiger partial charge in [0.15, 0.2) is 0 Å². The zero-order valence-corrected chi connectivity index (χ0v) is 11.8. The van der Waals surface area contributed by atoms with Crippen molar-refractivity contribution in [1.82, 2.24) is 10.3 Å². The van der Waals surface area contributed by atoms with Gasteiger partial charge < -0.3 is 5.32 Å². The van der Waals surface area contributed by atoms with E-state index in [9.17, 15) is 9.18 Å². The number of pyridine rings is 1. The van der Waals surface area contributed by atoms with E-state index in [0.717, 1.165) is 5.69 Å². The third-order valence-corrected chi connectivity index (χ3v) is 3.16. The number of aryl methyl sites for hydroxylation is 1. The molecule has 20 heavy (non-hydrogen) atoms.